The minimum absolute atomic E-state index is 0.128. The number of carboxylic acid groups (broad SMARTS) is 1. The van der Waals surface area contributed by atoms with E-state index in [0.29, 0.717) is 11.1 Å². The van der Waals surface area contributed by atoms with Gasteiger partial charge in [-0.25, -0.2) is 8.78 Å². The molecule has 5 heteroatoms. The molecular weight excluding hydrogens is 242 g/mol. The third kappa shape index (κ3) is 2.97. The summed E-state index contributed by atoms with van der Waals surface area (Å²) in [6, 6.07) is 2.70. The summed E-state index contributed by atoms with van der Waals surface area (Å²) in [7, 11) is 0. The van der Waals surface area contributed by atoms with E-state index in [0.717, 1.165) is 6.07 Å². The summed E-state index contributed by atoms with van der Waals surface area (Å²) in [6.45, 7) is 4.57. The lowest BCUT2D eigenvalue weighted by molar-refractivity contribution is -0.146. The molecule has 0 fully saturated rings. The fourth-order valence-electron chi connectivity index (χ4n) is 1.74. The first-order chi connectivity index (χ1) is 8.15. The van der Waals surface area contributed by atoms with E-state index in [9.17, 15) is 18.7 Å². The largest absolute Gasteiger partial charge is 0.507 e. The van der Waals surface area contributed by atoms with Crippen LogP contribution in [0.15, 0.2) is 12.1 Å². The van der Waals surface area contributed by atoms with Gasteiger partial charge in [0.2, 0.25) is 0 Å². The Kier molecular flexibility index (Phi) is 3.94. The summed E-state index contributed by atoms with van der Waals surface area (Å²) >= 11 is 0. The van der Waals surface area contributed by atoms with Crippen LogP contribution in [0.5, 0.6) is 5.75 Å². The van der Waals surface area contributed by atoms with Crippen LogP contribution in [0.2, 0.25) is 0 Å². The van der Waals surface area contributed by atoms with Crippen molar-refractivity contribution in [3.05, 3.63) is 28.8 Å². The molecule has 0 amide bonds. The molecule has 1 rings (SSSR count). The SMILES string of the molecule is Cc1cc(CC(C)(C)C(=O)O)cc(C(F)F)c1O. The van der Waals surface area contributed by atoms with E-state index in [4.69, 9.17) is 5.11 Å². The summed E-state index contributed by atoms with van der Waals surface area (Å²) in [5, 5.41) is 18.5. The second-order valence-corrected chi connectivity index (χ2v) is 5.02. The van der Waals surface area contributed by atoms with Crippen LogP contribution in [0.4, 0.5) is 8.78 Å². The van der Waals surface area contributed by atoms with Crippen molar-refractivity contribution in [1.82, 2.24) is 0 Å². The Morgan fingerprint density at radius 1 is 1.39 bits per heavy atom. The van der Waals surface area contributed by atoms with Gasteiger partial charge in [-0.2, -0.15) is 0 Å². The summed E-state index contributed by atoms with van der Waals surface area (Å²) < 4.78 is 25.4. The molecule has 1 aromatic rings. The molecule has 3 nitrogen and oxygen atoms in total. The Bertz CT molecular complexity index is 468. The zero-order chi connectivity index (χ0) is 14.1. The number of benzene rings is 1. The predicted molar refractivity (Wildman–Crippen MR) is 62.9 cm³/mol. The number of hydrogen-bond donors (Lipinski definition) is 2. The van der Waals surface area contributed by atoms with E-state index < -0.39 is 29.1 Å². The van der Waals surface area contributed by atoms with Gasteiger partial charge in [0, 0.05) is 0 Å². The molecular formula is C13H16F2O3. The average molecular weight is 258 g/mol. The van der Waals surface area contributed by atoms with Gasteiger partial charge in [0.1, 0.15) is 5.75 Å². The van der Waals surface area contributed by atoms with Crippen molar-refractivity contribution < 1.29 is 23.8 Å². The maximum atomic E-state index is 12.7. The first-order valence-corrected chi connectivity index (χ1v) is 5.49. The minimum atomic E-state index is -2.78. The first-order valence-electron chi connectivity index (χ1n) is 5.49. The highest BCUT2D eigenvalue weighted by molar-refractivity contribution is 5.74. The number of phenols is 1. The second kappa shape index (κ2) is 4.92. The molecule has 0 saturated heterocycles. The molecule has 0 aliphatic carbocycles. The Hall–Kier alpha value is -1.65. The zero-order valence-corrected chi connectivity index (χ0v) is 10.5. The highest BCUT2D eigenvalue weighted by Crippen LogP contribution is 2.34. The smallest absolute Gasteiger partial charge is 0.309 e. The maximum Gasteiger partial charge on any atom is 0.309 e. The van der Waals surface area contributed by atoms with Gasteiger partial charge in [0.15, 0.2) is 0 Å². The number of aromatic hydroxyl groups is 1. The van der Waals surface area contributed by atoms with Crippen molar-refractivity contribution in [3.63, 3.8) is 0 Å². The van der Waals surface area contributed by atoms with Crippen molar-refractivity contribution >= 4 is 5.97 Å². The lowest BCUT2D eigenvalue weighted by Crippen LogP contribution is -2.26. The second-order valence-electron chi connectivity index (χ2n) is 5.02. The number of hydrogen-bond acceptors (Lipinski definition) is 2. The number of rotatable bonds is 4. The molecule has 1 aromatic carbocycles. The number of alkyl halides is 2. The molecule has 0 saturated carbocycles. The fourth-order valence-corrected chi connectivity index (χ4v) is 1.74. The highest BCUT2D eigenvalue weighted by Gasteiger charge is 2.28. The number of phenolic OH excluding ortho intramolecular Hbond substituents is 1. The van der Waals surface area contributed by atoms with E-state index in [1.807, 2.05) is 0 Å². The molecule has 100 valence electrons. The zero-order valence-electron chi connectivity index (χ0n) is 10.5. The molecule has 0 aromatic heterocycles. The number of carbonyl (C=O) groups is 1. The van der Waals surface area contributed by atoms with Gasteiger partial charge >= 0.3 is 5.97 Å². The standard InChI is InChI=1S/C13H16F2O3/c1-7-4-8(6-13(2,3)12(17)18)5-9(10(7)16)11(14)15/h4-5,11,16H,6H2,1-3H3,(H,17,18). The lowest BCUT2D eigenvalue weighted by Gasteiger charge is -2.20. The fraction of sp³-hybridized carbons (Fsp3) is 0.462. The van der Waals surface area contributed by atoms with Crippen molar-refractivity contribution in [2.24, 2.45) is 5.41 Å². The summed E-state index contributed by atoms with van der Waals surface area (Å²) in [4.78, 5) is 11.0. The quantitative estimate of drug-likeness (QED) is 0.871. The van der Waals surface area contributed by atoms with Gasteiger partial charge in [-0.05, 0) is 44.4 Å². The molecule has 0 spiro atoms. The molecule has 2 N–H and O–H groups in total. The summed E-state index contributed by atoms with van der Waals surface area (Å²) in [5.41, 5.74) is -0.689. The van der Waals surface area contributed by atoms with Crippen LogP contribution in [0.1, 0.15) is 37.0 Å². The van der Waals surface area contributed by atoms with Crippen molar-refractivity contribution in [1.29, 1.82) is 0 Å². The number of carboxylic acids is 1. The molecule has 0 aliphatic heterocycles. The van der Waals surface area contributed by atoms with Crippen LogP contribution < -0.4 is 0 Å². The maximum absolute atomic E-state index is 12.7. The molecule has 0 aliphatic rings. The predicted octanol–water partition coefficient (Wildman–Crippen LogP) is 3.29. The van der Waals surface area contributed by atoms with Crippen LogP contribution in [-0.2, 0) is 11.2 Å². The Balaban J connectivity index is 3.16. The lowest BCUT2D eigenvalue weighted by atomic mass is 9.85. The Labute approximate surface area is 104 Å². The van der Waals surface area contributed by atoms with Gasteiger partial charge in [-0.1, -0.05) is 6.07 Å². The van der Waals surface area contributed by atoms with E-state index in [2.05, 4.69) is 0 Å². The third-order valence-electron chi connectivity index (χ3n) is 2.85. The van der Waals surface area contributed by atoms with Crippen molar-refractivity contribution in [3.8, 4) is 5.75 Å². The van der Waals surface area contributed by atoms with Gasteiger partial charge in [-0.15, -0.1) is 0 Å². The molecule has 18 heavy (non-hydrogen) atoms. The van der Waals surface area contributed by atoms with Gasteiger partial charge in [0.05, 0.1) is 11.0 Å². The molecule has 0 bridgehead atoms. The van der Waals surface area contributed by atoms with Crippen LogP contribution in [-0.4, -0.2) is 16.2 Å². The first kappa shape index (κ1) is 14.4. The van der Waals surface area contributed by atoms with E-state index in [1.54, 1.807) is 0 Å². The third-order valence-corrected chi connectivity index (χ3v) is 2.85. The molecule has 0 heterocycles. The van der Waals surface area contributed by atoms with Crippen LogP contribution >= 0.6 is 0 Å². The molecule has 0 atom stereocenters. The number of aliphatic carboxylic acids is 1. The van der Waals surface area contributed by atoms with Crippen molar-refractivity contribution in [2.75, 3.05) is 0 Å². The topological polar surface area (TPSA) is 57.5 Å². The van der Waals surface area contributed by atoms with E-state index in [-0.39, 0.29) is 6.42 Å². The molecule has 0 unspecified atom stereocenters. The number of halogens is 2. The van der Waals surface area contributed by atoms with Gasteiger partial charge in [0.25, 0.3) is 6.43 Å². The molecule has 0 radical (unpaired) electrons. The van der Waals surface area contributed by atoms with Crippen LogP contribution in [0.3, 0.4) is 0 Å². The van der Waals surface area contributed by atoms with Crippen LogP contribution in [0.25, 0.3) is 0 Å². The van der Waals surface area contributed by atoms with E-state index >= 15 is 0 Å². The summed E-state index contributed by atoms with van der Waals surface area (Å²) in [5.74, 6) is -1.42. The average Bonchev–Trinajstić information content (AvgIpc) is 2.21. The van der Waals surface area contributed by atoms with Gasteiger partial charge in [-0.3, -0.25) is 4.79 Å². The van der Waals surface area contributed by atoms with Gasteiger partial charge < -0.3 is 10.2 Å². The number of aryl methyl sites for hydroxylation is 1. The Morgan fingerprint density at radius 2 is 1.94 bits per heavy atom. The monoisotopic (exact) mass is 258 g/mol. The normalized spacial score (nSPS) is 11.9. The van der Waals surface area contributed by atoms with Crippen LogP contribution in [0, 0.1) is 12.3 Å². The van der Waals surface area contributed by atoms with Crippen molar-refractivity contribution in [2.45, 2.75) is 33.6 Å². The van der Waals surface area contributed by atoms with E-state index in [1.165, 1.54) is 26.8 Å². The Morgan fingerprint density at radius 3 is 2.39 bits per heavy atom. The minimum Gasteiger partial charge on any atom is -0.507 e. The highest BCUT2D eigenvalue weighted by atomic mass is 19.3. The summed E-state index contributed by atoms with van der Waals surface area (Å²) in [6.07, 6.45) is -2.65.